The van der Waals surface area contributed by atoms with Crippen molar-refractivity contribution in [2.75, 3.05) is 32.7 Å². The molecule has 2 rings (SSSR count). The maximum atomic E-state index is 12.2. The molecule has 0 spiro atoms. The van der Waals surface area contributed by atoms with Crippen LogP contribution in [0, 0.1) is 0 Å². The molecular formula is C11H20Cl2F3N3O. The summed E-state index contributed by atoms with van der Waals surface area (Å²) in [5, 5.41) is 0. The fourth-order valence-electron chi connectivity index (χ4n) is 2.45. The van der Waals surface area contributed by atoms with Gasteiger partial charge in [-0.15, -0.1) is 24.8 Å². The van der Waals surface area contributed by atoms with Gasteiger partial charge in [0, 0.05) is 26.2 Å². The predicted molar refractivity (Wildman–Crippen MR) is 74.3 cm³/mol. The molecule has 0 radical (unpaired) electrons. The minimum absolute atomic E-state index is 0. The van der Waals surface area contributed by atoms with Crippen molar-refractivity contribution in [1.82, 2.24) is 9.80 Å². The molecule has 0 aromatic rings. The van der Waals surface area contributed by atoms with Gasteiger partial charge in [-0.25, -0.2) is 0 Å². The maximum absolute atomic E-state index is 12.2. The van der Waals surface area contributed by atoms with E-state index in [4.69, 9.17) is 5.73 Å². The Bertz CT molecular complexity index is 329. The highest BCUT2D eigenvalue weighted by Gasteiger charge is 2.43. The highest BCUT2D eigenvalue weighted by Crippen LogP contribution is 2.31. The van der Waals surface area contributed by atoms with E-state index in [1.807, 2.05) is 0 Å². The molecule has 1 heterocycles. The first-order valence-electron chi connectivity index (χ1n) is 6.18. The second kappa shape index (κ2) is 7.15. The number of alkyl halides is 3. The van der Waals surface area contributed by atoms with E-state index in [1.54, 1.807) is 4.90 Å². The van der Waals surface area contributed by atoms with Gasteiger partial charge in [-0.1, -0.05) is 0 Å². The first kappa shape index (κ1) is 19.8. The van der Waals surface area contributed by atoms with Gasteiger partial charge in [0.1, 0.15) is 0 Å². The van der Waals surface area contributed by atoms with E-state index in [0.717, 1.165) is 6.42 Å². The number of nitrogens with two attached hydrogens (primary N) is 1. The summed E-state index contributed by atoms with van der Waals surface area (Å²) in [6.45, 7) is 0.313. The van der Waals surface area contributed by atoms with Gasteiger partial charge in [-0.2, -0.15) is 13.2 Å². The molecule has 1 aliphatic carbocycles. The zero-order valence-corrected chi connectivity index (χ0v) is 12.6. The van der Waals surface area contributed by atoms with Crippen LogP contribution in [0.1, 0.15) is 19.3 Å². The van der Waals surface area contributed by atoms with Gasteiger partial charge in [0.15, 0.2) is 0 Å². The van der Waals surface area contributed by atoms with Gasteiger partial charge in [-0.05, 0) is 19.3 Å². The van der Waals surface area contributed by atoms with Gasteiger partial charge >= 0.3 is 6.18 Å². The molecule has 0 aromatic carbocycles. The van der Waals surface area contributed by atoms with Crippen molar-refractivity contribution in [1.29, 1.82) is 0 Å². The van der Waals surface area contributed by atoms with Gasteiger partial charge in [0.25, 0.3) is 0 Å². The summed E-state index contributed by atoms with van der Waals surface area (Å²) < 4.78 is 36.6. The number of halogens is 5. The van der Waals surface area contributed by atoms with Crippen LogP contribution in [-0.2, 0) is 4.79 Å². The molecule has 20 heavy (non-hydrogen) atoms. The predicted octanol–water partition coefficient (Wildman–Crippen LogP) is 1.42. The fourth-order valence-corrected chi connectivity index (χ4v) is 2.45. The average molecular weight is 338 g/mol. The molecular weight excluding hydrogens is 318 g/mol. The van der Waals surface area contributed by atoms with Gasteiger partial charge in [0.2, 0.25) is 5.91 Å². The summed E-state index contributed by atoms with van der Waals surface area (Å²) in [4.78, 5) is 15.0. The lowest BCUT2D eigenvalue weighted by atomic mass is 9.76. The highest BCUT2D eigenvalue weighted by molar-refractivity contribution is 5.87. The first-order valence-corrected chi connectivity index (χ1v) is 6.18. The van der Waals surface area contributed by atoms with E-state index >= 15 is 0 Å². The van der Waals surface area contributed by atoms with Crippen LogP contribution in [0.15, 0.2) is 0 Å². The molecule has 1 amide bonds. The quantitative estimate of drug-likeness (QED) is 0.829. The Kier molecular flexibility index (Phi) is 7.07. The van der Waals surface area contributed by atoms with E-state index in [-0.39, 0.29) is 43.8 Å². The lowest BCUT2D eigenvalue weighted by Crippen LogP contribution is -2.62. The molecule has 2 N–H and O–H groups in total. The van der Waals surface area contributed by atoms with Crippen molar-refractivity contribution in [2.24, 2.45) is 5.73 Å². The summed E-state index contributed by atoms with van der Waals surface area (Å²) in [5.41, 5.74) is 5.18. The molecule has 1 saturated carbocycles. The van der Waals surface area contributed by atoms with Crippen molar-refractivity contribution in [3.05, 3.63) is 0 Å². The van der Waals surface area contributed by atoms with Crippen molar-refractivity contribution >= 4 is 30.7 Å². The number of carbonyl (C=O) groups is 1. The number of carbonyl (C=O) groups excluding carboxylic acids is 1. The number of amides is 1. The summed E-state index contributed by atoms with van der Waals surface area (Å²) in [6.07, 6.45) is -1.84. The summed E-state index contributed by atoms with van der Waals surface area (Å²) >= 11 is 0. The Hall–Kier alpha value is -0.240. The van der Waals surface area contributed by atoms with Crippen LogP contribution in [0.25, 0.3) is 0 Å². The SMILES string of the molecule is Cl.Cl.NC1(C(=O)N2CCN(CC(F)(F)F)CC2)CCC1. The van der Waals surface area contributed by atoms with Crippen molar-refractivity contribution in [3.63, 3.8) is 0 Å². The molecule has 0 aromatic heterocycles. The minimum atomic E-state index is -4.17. The molecule has 1 saturated heterocycles. The molecule has 120 valence electrons. The molecule has 9 heteroatoms. The maximum Gasteiger partial charge on any atom is 0.401 e. The topological polar surface area (TPSA) is 49.6 Å². The van der Waals surface area contributed by atoms with Crippen LogP contribution in [-0.4, -0.2) is 60.1 Å². The smallest absolute Gasteiger partial charge is 0.339 e. The monoisotopic (exact) mass is 337 g/mol. The Morgan fingerprint density at radius 2 is 1.60 bits per heavy atom. The second-order valence-corrected chi connectivity index (χ2v) is 5.19. The van der Waals surface area contributed by atoms with Crippen molar-refractivity contribution < 1.29 is 18.0 Å². The minimum Gasteiger partial charge on any atom is -0.339 e. The van der Waals surface area contributed by atoms with Crippen molar-refractivity contribution in [2.45, 2.75) is 31.0 Å². The molecule has 2 fully saturated rings. The third-order valence-corrected chi connectivity index (χ3v) is 3.73. The van der Waals surface area contributed by atoms with E-state index in [9.17, 15) is 18.0 Å². The number of nitrogens with zero attached hydrogens (tertiary/aromatic N) is 2. The Morgan fingerprint density at radius 1 is 1.10 bits per heavy atom. The van der Waals surface area contributed by atoms with Gasteiger partial charge < -0.3 is 10.6 Å². The number of hydrogen-bond acceptors (Lipinski definition) is 3. The summed E-state index contributed by atoms with van der Waals surface area (Å²) in [7, 11) is 0. The van der Waals surface area contributed by atoms with E-state index in [1.165, 1.54) is 4.90 Å². The van der Waals surface area contributed by atoms with E-state index < -0.39 is 18.3 Å². The standard InChI is InChI=1S/C11H18F3N3O.2ClH/c12-11(13,14)8-16-4-6-17(7-5-16)9(18)10(15)2-1-3-10;;/h1-8,15H2;2*1H. The van der Waals surface area contributed by atoms with Crippen LogP contribution >= 0.6 is 24.8 Å². The largest absolute Gasteiger partial charge is 0.401 e. The first-order chi connectivity index (χ1) is 8.30. The molecule has 0 bridgehead atoms. The van der Waals surface area contributed by atoms with Crippen LogP contribution in [0.4, 0.5) is 13.2 Å². The Balaban J connectivity index is 0.00000180. The number of hydrogen-bond donors (Lipinski definition) is 1. The van der Waals surface area contributed by atoms with E-state index in [0.29, 0.717) is 25.9 Å². The molecule has 1 aliphatic heterocycles. The zero-order valence-electron chi connectivity index (χ0n) is 11.0. The van der Waals surface area contributed by atoms with Gasteiger partial charge in [-0.3, -0.25) is 9.69 Å². The molecule has 2 aliphatic rings. The second-order valence-electron chi connectivity index (χ2n) is 5.19. The molecule has 0 atom stereocenters. The highest BCUT2D eigenvalue weighted by atomic mass is 35.5. The van der Waals surface area contributed by atoms with Crippen LogP contribution in [0.5, 0.6) is 0 Å². The lowest BCUT2D eigenvalue weighted by molar-refractivity contribution is -0.154. The van der Waals surface area contributed by atoms with Crippen LogP contribution < -0.4 is 5.73 Å². The number of rotatable bonds is 2. The van der Waals surface area contributed by atoms with E-state index in [2.05, 4.69) is 0 Å². The molecule has 4 nitrogen and oxygen atoms in total. The third kappa shape index (κ3) is 4.65. The third-order valence-electron chi connectivity index (χ3n) is 3.73. The Morgan fingerprint density at radius 3 is 1.95 bits per heavy atom. The molecule has 0 unspecified atom stereocenters. The van der Waals surface area contributed by atoms with Crippen LogP contribution in [0.2, 0.25) is 0 Å². The van der Waals surface area contributed by atoms with Crippen LogP contribution in [0.3, 0.4) is 0 Å². The van der Waals surface area contributed by atoms with Gasteiger partial charge in [0.05, 0.1) is 12.1 Å². The summed E-state index contributed by atoms with van der Waals surface area (Å²) in [5.74, 6) is -0.0968. The zero-order chi connectivity index (χ0) is 13.4. The normalized spacial score (nSPS) is 22.3. The van der Waals surface area contributed by atoms with Crippen molar-refractivity contribution in [3.8, 4) is 0 Å². The average Bonchev–Trinajstić information content (AvgIpc) is 2.24. The summed E-state index contributed by atoms with van der Waals surface area (Å²) in [6, 6.07) is 0. The lowest BCUT2D eigenvalue weighted by Gasteiger charge is -2.43. The Labute approximate surface area is 128 Å². The fraction of sp³-hybridized carbons (Fsp3) is 0.909. The number of piperazine rings is 1.